The third-order valence-corrected chi connectivity index (χ3v) is 5.27. The molecule has 2 aromatic rings. The van der Waals surface area contributed by atoms with Crippen molar-refractivity contribution in [1.82, 2.24) is 14.9 Å². The fourth-order valence-corrected chi connectivity index (χ4v) is 3.85. The van der Waals surface area contributed by atoms with Crippen LogP contribution < -0.4 is 0 Å². The molecule has 7 heteroatoms. The van der Waals surface area contributed by atoms with E-state index in [1.807, 2.05) is 20.8 Å². The number of hydrogen-bond donors (Lipinski definition) is 1. The molecule has 0 fully saturated rings. The summed E-state index contributed by atoms with van der Waals surface area (Å²) in [6.45, 7) is 11.5. The molecular formula is C18H25N3O3S. The lowest BCUT2D eigenvalue weighted by Crippen LogP contribution is -2.31. The number of rotatable bonds is 5. The first-order chi connectivity index (χ1) is 11.7. The van der Waals surface area contributed by atoms with Gasteiger partial charge in [-0.05, 0) is 47.1 Å². The largest absolute Gasteiger partial charge is 0.462 e. The molecule has 0 saturated carbocycles. The van der Waals surface area contributed by atoms with Gasteiger partial charge in [0.15, 0.2) is 0 Å². The van der Waals surface area contributed by atoms with Crippen molar-refractivity contribution in [1.29, 1.82) is 0 Å². The number of carbonyl (C=O) groups is 2. The maximum atomic E-state index is 13.0. The second-order valence-corrected chi connectivity index (χ2v) is 7.52. The lowest BCUT2D eigenvalue weighted by atomic mass is 10.1. The van der Waals surface area contributed by atoms with E-state index in [0.717, 1.165) is 15.6 Å². The average molecular weight is 363 g/mol. The standard InChI is InChI=1S/C18H25N3O3S/c1-8-24-18(23)14-9(2)15(19-10(14)3)17(22)21(7)11(4)16-12(5)25-13(6)20-16/h11,19H,8H2,1-7H3/t11-/m1/s1. The van der Waals surface area contributed by atoms with Crippen LogP contribution >= 0.6 is 11.3 Å². The topological polar surface area (TPSA) is 75.3 Å². The molecule has 6 nitrogen and oxygen atoms in total. The Kier molecular flexibility index (Phi) is 5.67. The predicted octanol–water partition coefficient (Wildman–Crippen LogP) is 3.71. The molecule has 0 spiro atoms. The van der Waals surface area contributed by atoms with Gasteiger partial charge in [0.1, 0.15) is 5.69 Å². The molecule has 25 heavy (non-hydrogen) atoms. The molecule has 0 radical (unpaired) electrons. The first-order valence-electron chi connectivity index (χ1n) is 8.26. The molecule has 0 aliphatic heterocycles. The number of thiazole rings is 1. The maximum Gasteiger partial charge on any atom is 0.340 e. The van der Waals surface area contributed by atoms with Gasteiger partial charge in [0.05, 0.1) is 28.9 Å². The van der Waals surface area contributed by atoms with Gasteiger partial charge in [-0.25, -0.2) is 9.78 Å². The SMILES string of the molecule is CCOC(=O)c1c(C)[nH]c(C(=O)N(C)[C@H](C)c2nc(C)sc2C)c1C. The first kappa shape index (κ1) is 19.2. The van der Waals surface area contributed by atoms with Crippen molar-refractivity contribution in [2.24, 2.45) is 0 Å². The van der Waals surface area contributed by atoms with Gasteiger partial charge in [0.2, 0.25) is 0 Å². The normalized spacial score (nSPS) is 12.1. The Morgan fingerprint density at radius 2 is 1.92 bits per heavy atom. The highest BCUT2D eigenvalue weighted by atomic mass is 32.1. The van der Waals surface area contributed by atoms with Crippen LogP contribution in [0.4, 0.5) is 0 Å². The molecule has 2 heterocycles. The van der Waals surface area contributed by atoms with Gasteiger partial charge >= 0.3 is 5.97 Å². The van der Waals surface area contributed by atoms with Crippen molar-refractivity contribution in [3.63, 3.8) is 0 Å². The number of nitrogens with zero attached hydrogens (tertiary/aromatic N) is 2. The van der Waals surface area contributed by atoms with Crippen LogP contribution in [-0.2, 0) is 4.74 Å². The van der Waals surface area contributed by atoms with Gasteiger partial charge in [-0.15, -0.1) is 11.3 Å². The third-order valence-electron chi connectivity index (χ3n) is 4.37. The summed E-state index contributed by atoms with van der Waals surface area (Å²) in [5, 5.41) is 0.983. The third kappa shape index (κ3) is 3.61. The van der Waals surface area contributed by atoms with Crippen molar-refractivity contribution in [3.8, 4) is 0 Å². The minimum absolute atomic E-state index is 0.161. The molecule has 1 N–H and O–H groups in total. The number of aromatic nitrogens is 2. The number of aryl methyl sites for hydroxylation is 3. The van der Waals surface area contributed by atoms with E-state index >= 15 is 0 Å². The zero-order chi connectivity index (χ0) is 18.9. The second-order valence-electron chi connectivity index (χ2n) is 6.11. The predicted molar refractivity (Wildman–Crippen MR) is 98.3 cm³/mol. The molecule has 0 saturated heterocycles. The van der Waals surface area contributed by atoms with Crippen molar-refractivity contribution in [3.05, 3.63) is 38.1 Å². The lowest BCUT2D eigenvalue weighted by molar-refractivity contribution is 0.0525. The van der Waals surface area contributed by atoms with E-state index in [-0.39, 0.29) is 11.9 Å². The van der Waals surface area contributed by atoms with E-state index in [0.29, 0.717) is 29.1 Å². The highest BCUT2D eigenvalue weighted by Gasteiger charge is 2.28. The number of hydrogen-bond acceptors (Lipinski definition) is 5. The summed E-state index contributed by atoms with van der Waals surface area (Å²) >= 11 is 1.62. The van der Waals surface area contributed by atoms with Crippen LogP contribution in [0.5, 0.6) is 0 Å². The van der Waals surface area contributed by atoms with Gasteiger partial charge in [0.25, 0.3) is 5.91 Å². The Hall–Kier alpha value is -2.15. The lowest BCUT2D eigenvalue weighted by Gasteiger charge is -2.24. The van der Waals surface area contributed by atoms with Crippen LogP contribution in [0.2, 0.25) is 0 Å². The van der Waals surface area contributed by atoms with Crippen LogP contribution in [-0.4, -0.2) is 40.4 Å². The van der Waals surface area contributed by atoms with Crippen molar-refractivity contribution < 1.29 is 14.3 Å². The molecule has 1 amide bonds. The van der Waals surface area contributed by atoms with Gasteiger partial charge < -0.3 is 14.6 Å². The number of H-pyrrole nitrogens is 1. The number of nitrogens with one attached hydrogen (secondary N) is 1. The summed E-state index contributed by atoms with van der Waals surface area (Å²) in [7, 11) is 1.75. The second kappa shape index (κ2) is 7.39. The minimum Gasteiger partial charge on any atom is -0.462 e. The van der Waals surface area contributed by atoms with Crippen LogP contribution in [0.25, 0.3) is 0 Å². The smallest absolute Gasteiger partial charge is 0.340 e. The fourth-order valence-electron chi connectivity index (χ4n) is 2.94. The van der Waals surface area contributed by atoms with Crippen LogP contribution in [0.3, 0.4) is 0 Å². The Morgan fingerprint density at radius 3 is 2.44 bits per heavy atom. The van der Waals surface area contributed by atoms with E-state index in [2.05, 4.69) is 9.97 Å². The summed E-state index contributed by atoms with van der Waals surface area (Å²) in [5.74, 6) is -0.580. The van der Waals surface area contributed by atoms with E-state index in [4.69, 9.17) is 4.74 Å². The number of aromatic amines is 1. The molecule has 136 valence electrons. The summed E-state index contributed by atoms with van der Waals surface area (Å²) in [5.41, 5.74) is 3.02. The van der Waals surface area contributed by atoms with Gasteiger partial charge in [0, 0.05) is 17.6 Å². The van der Waals surface area contributed by atoms with Crippen molar-refractivity contribution in [2.75, 3.05) is 13.7 Å². The highest BCUT2D eigenvalue weighted by molar-refractivity contribution is 7.11. The van der Waals surface area contributed by atoms with Gasteiger partial charge in [-0.2, -0.15) is 0 Å². The molecule has 0 unspecified atom stereocenters. The molecule has 0 aliphatic rings. The Balaban J connectivity index is 2.32. The van der Waals surface area contributed by atoms with Crippen LogP contribution in [0.15, 0.2) is 0 Å². The number of amides is 1. The van der Waals surface area contributed by atoms with E-state index in [1.165, 1.54) is 0 Å². The Morgan fingerprint density at radius 1 is 1.28 bits per heavy atom. The van der Waals surface area contributed by atoms with Gasteiger partial charge in [-0.1, -0.05) is 0 Å². The molecule has 2 aromatic heterocycles. The monoisotopic (exact) mass is 363 g/mol. The number of esters is 1. The summed E-state index contributed by atoms with van der Waals surface area (Å²) in [4.78, 5) is 35.4. The van der Waals surface area contributed by atoms with Crippen LogP contribution in [0, 0.1) is 27.7 Å². The molecule has 0 aliphatic carbocycles. The fraction of sp³-hybridized carbons (Fsp3) is 0.500. The van der Waals surface area contributed by atoms with E-state index in [9.17, 15) is 9.59 Å². The van der Waals surface area contributed by atoms with E-state index in [1.54, 1.807) is 44.1 Å². The Labute approximate surface area is 152 Å². The van der Waals surface area contributed by atoms with Crippen molar-refractivity contribution in [2.45, 2.75) is 47.6 Å². The van der Waals surface area contributed by atoms with E-state index < -0.39 is 5.97 Å². The number of ether oxygens (including phenoxy) is 1. The zero-order valence-electron chi connectivity index (χ0n) is 15.8. The minimum atomic E-state index is -0.408. The molecule has 2 rings (SSSR count). The average Bonchev–Trinajstić information content (AvgIpc) is 3.03. The quantitative estimate of drug-likeness (QED) is 0.822. The molecule has 1 atom stereocenters. The van der Waals surface area contributed by atoms with Crippen LogP contribution in [0.1, 0.15) is 67.6 Å². The van der Waals surface area contributed by atoms with Crippen molar-refractivity contribution >= 4 is 23.2 Å². The molecular weight excluding hydrogens is 338 g/mol. The maximum absolute atomic E-state index is 13.0. The molecule has 0 bridgehead atoms. The zero-order valence-corrected chi connectivity index (χ0v) is 16.6. The number of carbonyl (C=O) groups excluding carboxylic acids is 2. The highest BCUT2D eigenvalue weighted by Crippen LogP contribution is 2.28. The summed E-state index contributed by atoms with van der Waals surface area (Å²) < 4.78 is 5.09. The summed E-state index contributed by atoms with van der Waals surface area (Å²) in [6.07, 6.45) is 0. The first-order valence-corrected chi connectivity index (χ1v) is 9.08. The Bertz CT molecular complexity index is 807. The van der Waals surface area contributed by atoms with Gasteiger partial charge in [-0.3, -0.25) is 4.79 Å². The summed E-state index contributed by atoms with van der Waals surface area (Å²) in [6, 6.07) is -0.161. The molecule has 0 aromatic carbocycles.